The van der Waals surface area contributed by atoms with Crippen molar-refractivity contribution in [3.63, 3.8) is 0 Å². The van der Waals surface area contributed by atoms with Crippen LogP contribution in [-0.4, -0.2) is 22.6 Å². The fourth-order valence-corrected chi connectivity index (χ4v) is 2.49. The number of rotatable bonds is 12. The van der Waals surface area contributed by atoms with E-state index in [1.807, 2.05) is 6.07 Å². The number of unbranched alkanes of at least 4 members (excludes halogenated alkanes) is 6. The molecule has 0 unspecified atom stereocenters. The third kappa shape index (κ3) is 7.40. The summed E-state index contributed by atoms with van der Waals surface area (Å²) in [6, 6.07) is 5.18. The van der Waals surface area contributed by atoms with Crippen LogP contribution in [0.2, 0.25) is 0 Å². The highest BCUT2D eigenvalue weighted by Crippen LogP contribution is 2.26. The number of phenols is 1. The standard InChI is InChI=1S/C19H31NO3/c1-3-5-7-8-9-10-11-18(20-22)17-13-12-16(15-19(17)21)23-14-6-4-2/h12-13,15,21-22H,3-11,14H2,1-2H3/b20-18-. The van der Waals surface area contributed by atoms with Gasteiger partial charge in [-0.05, 0) is 31.4 Å². The van der Waals surface area contributed by atoms with E-state index in [1.165, 1.54) is 25.7 Å². The zero-order chi connectivity index (χ0) is 16.9. The predicted molar refractivity (Wildman–Crippen MR) is 94.8 cm³/mol. The van der Waals surface area contributed by atoms with E-state index in [9.17, 15) is 10.3 Å². The molecule has 4 heteroatoms. The quantitative estimate of drug-likeness (QED) is 0.231. The fourth-order valence-electron chi connectivity index (χ4n) is 2.49. The van der Waals surface area contributed by atoms with Gasteiger partial charge in [-0.25, -0.2) is 0 Å². The van der Waals surface area contributed by atoms with E-state index in [0.29, 0.717) is 30.1 Å². The van der Waals surface area contributed by atoms with Gasteiger partial charge in [0.1, 0.15) is 11.5 Å². The molecule has 0 aliphatic carbocycles. The van der Waals surface area contributed by atoms with Crippen molar-refractivity contribution < 1.29 is 15.1 Å². The molecule has 1 aromatic carbocycles. The Bertz CT molecular complexity index is 472. The summed E-state index contributed by atoms with van der Waals surface area (Å²) in [5.41, 5.74) is 1.13. The van der Waals surface area contributed by atoms with E-state index in [2.05, 4.69) is 19.0 Å². The summed E-state index contributed by atoms with van der Waals surface area (Å²) in [5, 5.41) is 22.8. The Morgan fingerprint density at radius 1 is 1.00 bits per heavy atom. The number of hydrogen-bond acceptors (Lipinski definition) is 4. The van der Waals surface area contributed by atoms with Crippen LogP contribution in [-0.2, 0) is 0 Å². The van der Waals surface area contributed by atoms with E-state index in [-0.39, 0.29) is 5.75 Å². The molecule has 1 aromatic rings. The van der Waals surface area contributed by atoms with Crippen LogP contribution in [0.25, 0.3) is 0 Å². The van der Waals surface area contributed by atoms with Crippen molar-refractivity contribution in [2.24, 2.45) is 5.16 Å². The van der Waals surface area contributed by atoms with E-state index in [4.69, 9.17) is 4.74 Å². The lowest BCUT2D eigenvalue weighted by Crippen LogP contribution is -2.03. The Balaban J connectivity index is 2.51. The lowest BCUT2D eigenvalue weighted by molar-refractivity contribution is 0.307. The number of oxime groups is 1. The van der Waals surface area contributed by atoms with Crippen LogP contribution in [0, 0.1) is 0 Å². The first-order valence-electron chi connectivity index (χ1n) is 8.90. The van der Waals surface area contributed by atoms with Gasteiger partial charge in [0.05, 0.1) is 12.3 Å². The van der Waals surface area contributed by atoms with Gasteiger partial charge >= 0.3 is 0 Å². The lowest BCUT2D eigenvalue weighted by atomic mass is 10.0. The maximum atomic E-state index is 10.2. The SMILES string of the molecule is CCCCCCCC/C(=N/O)c1ccc(OCCCC)cc1O. The maximum absolute atomic E-state index is 10.2. The summed E-state index contributed by atoms with van der Waals surface area (Å²) >= 11 is 0. The Hall–Kier alpha value is -1.71. The molecule has 0 saturated carbocycles. The minimum absolute atomic E-state index is 0.109. The Morgan fingerprint density at radius 2 is 1.70 bits per heavy atom. The molecule has 2 N–H and O–H groups in total. The third-order valence-corrected chi connectivity index (χ3v) is 3.93. The summed E-state index contributed by atoms with van der Waals surface area (Å²) in [6.07, 6.45) is 9.82. The molecule has 0 aromatic heterocycles. The van der Waals surface area contributed by atoms with Crippen LogP contribution in [0.4, 0.5) is 0 Å². The van der Waals surface area contributed by atoms with Gasteiger partial charge in [-0.15, -0.1) is 0 Å². The molecule has 0 heterocycles. The monoisotopic (exact) mass is 321 g/mol. The number of hydrogen-bond donors (Lipinski definition) is 2. The molecule has 23 heavy (non-hydrogen) atoms. The van der Waals surface area contributed by atoms with Crippen molar-refractivity contribution in [1.29, 1.82) is 0 Å². The molecule has 0 spiro atoms. The van der Waals surface area contributed by atoms with Crippen LogP contribution in [0.3, 0.4) is 0 Å². The van der Waals surface area contributed by atoms with Crippen molar-refractivity contribution in [2.75, 3.05) is 6.61 Å². The van der Waals surface area contributed by atoms with Gasteiger partial charge in [0, 0.05) is 11.6 Å². The van der Waals surface area contributed by atoms with Gasteiger partial charge in [-0.2, -0.15) is 0 Å². The largest absolute Gasteiger partial charge is 0.507 e. The third-order valence-electron chi connectivity index (χ3n) is 3.93. The molecular formula is C19H31NO3. The van der Waals surface area contributed by atoms with Crippen molar-refractivity contribution in [3.05, 3.63) is 23.8 Å². The predicted octanol–water partition coefficient (Wildman–Crippen LogP) is 5.50. The van der Waals surface area contributed by atoms with E-state index >= 15 is 0 Å². The van der Waals surface area contributed by atoms with Gasteiger partial charge in [-0.3, -0.25) is 0 Å². The molecule has 0 radical (unpaired) electrons. The van der Waals surface area contributed by atoms with Gasteiger partial charge in [0.25, 0.3) is 0 Å². The average molecular weight is 321 g/mol. The lowest BCUT2D eigenvalue weighted by Gasteiger charge is -2.10. The minimum Gasteiger partial charge on any atom is -0.507 e. The highest BCUT2D eigenvalue weighted by Gasteiger charge is 2.11. The molecule has 130 valence electrons. The Kier molecular flexibility index (Phi) is 9.92. The average Bonchev–Trinajstić information content (AvgIpc) is 2.55. The summed E-state index contributed by atoms with van der Waals surface area (Å²) in [7, 11) is 0. The van der Waals surface area contributed by atoms with Gasteiger partial charge < -0.3 is 15.1 Å². The second-order valence-corrected chi connectivity index (χ2v) is 5.95. The maximum Gasteiger partial charge on any atom is 0.128 e. The molecule has 0 aliphatic rings. The van der Waals surface area contributed by atoms with Gasteiger partial charge in [-0.1, -0.05) is 57.5 Å². The molecule has 0 bridgehead atoms. The van der Waals surface area contributed by atoms with E-state index in [1.54, 1.807) is 12.1 Å². The molecule has 0 saturated heterocycles. The second-order valence-electron chi connectivity index (χ2n) is 5.95. The second kappa shape index (κ2) is 11.8. The summed E-state index contributed by atoms with van der Waals surface area (Å²) in [6.45, 7) is 4.96. The van der Waals surface area contributed by atoms with Crippen LogP contribution < -0.4 is 4.74 Å². The highest BCUT2D eigenvalue weighted by atomic mass is 16.5. The van der Waals surface area contributed by atoms with Gasteiger partial charge in [0.2, 0.25) is 0 Å². The van der Waals surface area contributed by atoms with Crippen molar-refractivity contribution in [3.8, 4) is 11.5 Å². The molecular weight excluding hydrogens is 290 g/mol. The Morgan fingerprint density at radius 3 is 2.35 bits per heavy atom. The fraction of sp³-hybridized carbons (Fsp3) is 0.632. The molecule has 4 nitrogen and oxygen atoms in total. The topological polar surface area (TPSA) is 62.1 Å². The molecule has 0 amide bonds. The van der Waals surface area contributed by atoms with Crippen LogP contribution in [0.15, 0.2) is 23.4 Å². The van der Waals surface area contributed by atoms with E-state index < -0.39 is 0 Å². The number of ether oxygens (including phenoxy) is 1. The normalized spacial score (nSPS) is 11.7. The van der Waals surface area contributed by atoms with Crippen molar-refractivity contribution in [2.45, 2.75) is 71.6 Å². The number of aromatic hydroxyl groups is 1. The first-order chi connectivity index (χ1) is 11.2. The first kappa shape index (κ1) is 19.3. The van der Waals surface area contributed by atoms with Crippen LogP contribution in [0.5, 0.6) is 11.5 Å². The number of benzene rings is 1. The van der Waals surface area contributed by atoms with E-state index in [0.717, 1.165) is 25.7 Å². The smallest absolute Gasteiger partial charge is 0.128 e. The highest BCUT2D eigenvalue weighted by molar-refractivity contribution is 6.02. The number of phenolic OH excluding ortho intramolecular Hbond substituents is 1. The number of nitrogens with zero attached hydrogens (tertiary/aromatic N) is 1. The first-order valence-corrected chi connectivity index (χ1v) is 8.90. The van der Waals surface area contributed by atoms with Gasteiger partial charge in [0.15, 0.2) is 0 Å². The molecule has 1 rings (SSSR count). The molecule has 0 aliphatic heterocycles. The van der Waals surface area contributed by atoms with Crippen LogP contribution >= 0.6 is 0 Å². The summed E-state index contributed by atoms with van der Waals surface area (Å²) in [5.74, 6) is 0.759. The molecule has 0 atom stereocenters. The van der Waals surface area contributed by atoms with Crippen molar-refractivity contribution in [1.82, 2.24) is 0 Å². The minimum atomic E-state index is 0.109. The summed E-state index contributed by atoms with van der Waals surface area (Å²) < 4.78 is 5.57. The van der Waals surface area contributed by atoms with Crippen molar-refractivity contribution >= 4 is 5.71 Å². The zero-order valence-corrected chi connectivity index (χ0v) is 14.6. The van der Waals surface area contributed by atoms with Crippen LogP contribution in [0.1, 0.15) is 77.2 Å². The molecule has 0 fully saturated rings. The zero-order valence-electron chi connectivity index (χ0n) is 14.6. The summed E-state index contributed by atoms with van der Waals surface area (Å²) in [4.78, 5) is 0. The Labute approximate surface area is 140 Å².